The van der Waals surface area contributed by atoms with Gasteiger partial charge in [-0.25, -0.2) is 0 Å². The Morgan fingerprint density at radius 1 is 1.33 bits per heavy atom. The van der Waals surface area contributed by atoms with E-state index < -0.39 is 0 Å². The molecule has 3 heteroatoms. The molecule has 0 amide bonds. The van der Waals surface area contributed by atoms with Crippen molar-refractivity contribution >= 4 is 11.8 Å². The van der Waals surface area contributed by atoms with Crippen molar-refractivity contribution in [2.75, 3.05) is 25.9 Å². The summed E-state index contributed by atoms with van der Waals surface area (Å²) in [6.07, 6.45) is 4.12. The normalized spacial score (nSPS) is 28.3. The van der Waals surface area contributed by atoms with E-state index in [0.717, 1.165) is 12.6 Å². The molecule has 2 aliphatic rings. The predicted octanol–water partition coefficient (Wildman–Crippen LogP) is 2.91. The third-order valence-corrected chi connectivity index (χ3v) is 5.40. The average Bonchev–Trinajstić information content (AvgIpc) is 2.81. The number of benzene rings is 1. The highest BCUT2D eigenvalue weighted by Gasteiger charge is 2.24. The zero-order chi connectivity index (χ0) is 12.4. The molecular weight excluding hydrogens is 240 g/mol. The van der Waals surface area contributed by atoms with Crippen LogP contribution in [0.25, 0.3) is 0 Å². The average molecular weight is 262 g/mol. The Hall–Kier alpha value is -0.510. The molecule has 1 saturated heterocycles. The van der Waals surface area contributed by atoms with Gasteiger partial charge in [-0.1, -0.05) is 24.6 Å². The first-order valence-electron chi connectivity index (χ1n) is 7.00. The maximum absolute atomic E-state index is 3.78. The summed E-state index contributed by atoms with van der Waals surface area (Å²) in [7, 11) is 2.27. The molecule has 18 heavy (non-hydrogen) atoms. The summed E-state index contributed by atoms with van der Waals surface area (Å²) in [6.45, 7) is 2.40. The number of likely N-dealkylation sites (tertiary alicyclic amines) is 1. The van der Waals surface area contributed by atoms with Crippen molar-refractivity contribution in [2.24, 2.45) is 0 Å². The zero-order valence-electron chi connectivity index (χ0n) is 11.1. The Morgan fingerprint density at radius 2 is 2.22 bits per heavy atom. The van der Waals surface area contributed by atoms with Crippen molar-refractivity contribution in [1.29, 1.82) is 0 Å². The van der Waals surface area contributed by atoms with Gasteiger partial charge in [-0.3, -0.25) is 0 Å². The lowest BCUT2D eigenvalue weighted by atomic mass is 10.0. The molecule has 0 aliphatic carbocycles. The van der Waals surface area contributed by atoms with E-state index in [1.165, 1.54) is 42.0 Å². The quantitative estimate of drug-likeness (QED) is 0.901. The third-order valence-electron chi connectivity index (χ3n) is 4.22. The van der Waals surface area contributed by atoms with Crippen molar-refractivity contribution in [3.05, 3.63) is 29.8 Å². The molecular formula is C15H22N2S. The van der Waals surface area contributed by atoms with Crippen LogP contribution in [0.5, 0.6) is 0 Å². The Balaban J connectivity index is 1.58. The Labute approximate surface area is 114 Å². The van der Waals surface area contributed by atoms with E-state index in [4.69, 9.17) is 0 Å². The number of nitrogens with zero attached hydrogens (tertiary/aromatic N) is 1. The first kappa shape index (κ1) is 12.5. The van der Waals surface area contributed by atoms with Crippen molar-refractivity contribution < 1.29 is 0 Å². The van der Waals surface area contributed by atoms with Crippen LogP contribution in [-0.2, 0) is 0 Å². The lowest BCUT2D eigenvalue weighted by Gasteiger charge is -2.33. The first-order valence-corrected chi connectivity index (χ1v) is 7.98. The van der Waals surface area contributed by atoms with Crippen LogP contribution in [0.4, 0.5) is 0 Å². The number of hydrogen-bond donors (Lipinski definition) is 1. The van der Waals surface area contributed by atoms with Crippen LogP contribution in [0, 0.1) is 0 Å². The molecule has 2 aliphatic heterocycles. The minimum absolute atomic E-state index is 0.557. The van der Waals surface area contributed by atoms with E-state index >= 15 is 0 Å². The van der Waals surface area contributed by atoms with Gasteiger partial charge in [0.1, 0.15) is 0 Å². The number of fused-ring (bicyclic) bond motifs is 1. The van der Waals surface area contributed by atoms with Crippen LogP contribution in [0.15, 0.2) is 29.2 Å². The predicted molar refractivity (Wildman–Crippen MR) is 78.2 cm³/mol. The fourth-order valence-electron chi connectivity index (χ4n) is 3.01. The Bertz CT molecular complexity index is 407. The van der Waals surface area contributed by atoms with Gasteiger partial charge in [-0.2, -0.15) is 0 Å². The van der Waals surface area contributed by atoms with Crippen LogP contribution in [-0.4, -0.2) is 36.8 Å². The van der Waals surface area contributed by atoms with Crippen molar-refractivity contribution in [3.63, 3.8) is 0 Å². The van der Waals surface area contributed by atoms with E-state index in [1.54, 1.807) is 0 Å². The molecule has 98 valence electrons. The van der Waals surface area contributed by atoms with Gasteiger partial charge in [0, 0.05) is 29.3 Å². The largest absolute Gasteiger partial charge is 0.308 e. The van der Waals surface area contributed by atoms with Gasteiger partial charge >= 0.3 is 0 Å². The molecule has 2 unspecified atom stereocenters. The second-order valence-electron chi connectivity index (χ2n) is 5.44. The molecule has 0 spiro atoms. The molecule has 2 nitrogen and oxygen atoms in total. The number of likely N-dealkylation sites (N-methyl/N-ethyl adjacent to an activating group) is 1. The number of piperidine rings is 1. The monoisotopic (exact) mass is 262 g/mol. The minimum Gasteiger partial charge on any atom is -0.308 e. The number of thioether (sulfide) groups is 1. The van der Waals surface area contributed by atoms with Gasteiger partial charge in [0.2, 0.25) is 0 Å². The summed E-state index contributed by atoms with van der Waals surface area (Å²) >= 11 is 1.99. The number of hydrogen-bond acceptors (Lipinski definition) is 3. The summed E-state index contributed by atoms with van der Waals surface area (Å²) in [5.41, 5.74) is 1.50. The van der Waals surface area contributed by atoms with Crippen LogP contribution < -0.4 is 5.32 Å². The van der Waals surface area contributed by atoms with Gasteiger partial charge in [-0.15, -0.1) is 11.8 Å². The standard InChI is InChI=1S/C15H22N2S/c1-17-9-5-4-6-12(17)10-16-14-11-18-15-8-3-2-7-13(14)15/h2-3,7-8,12,14,16H,4-6,9-11H2,1H3. The highest BCUT2D eigenvalue weighted by molar-refractivity contribution is 7.99. The van der Waals surface area contributed by atoms with E-state index in [0.29, 0.717) is 6.04 Å². The summed E-state index contributed by atoms with van der Waals surface area (Å²) in [5.74, 6) is 1.19. The molecule has 2 heterocycles. The smallest absolute Gasteiger partial charge is 0.0427 e. The van der Waals surface area contributed by atoms with Crippen LogP contribution in [0.2, 0.25) is 0 Å². The summed E-state index contributed by atoms with van der Waals surface area (Å²) in [6, 6.07) is 10.1. The molecule has 2 atom stereocenters. The molecule has 1 aromatic carbocycles. The van der Waals surface area contributed by atoms with E-state index in [-0.39, 0.29) is 0 Å². The molecule has 0 aromatic heterocycles. The fraction of sp³-hybridized carbons (Fsp3) is 0.600. The molecule has 0 radical (unpaired) electrons. The van der Waals surface area contributed by atoms with Crippen molar-refractivity contribution in [3.8, 4) is 0 Å². The highest BCUT2D eigenvalue weighted by Crippen LogP contribution is 2.37. The van der Waals surface area contributed by atoms with Gasteiger partial charge in [0.05, 0.1) is 0 Å². The van der Waals surface area contributed by atoms with Crippen LogP contribution in [0.1, 0.15) is 30.9 Å². The van der Waals surface area contributed by atoms with E-state index in [1.807, 2.05) is 11.8 Å². The maximum atomic E-state index is 3.78. The zero-order valence-corrected chi connectivity index (χ0v) is 11.9. The fourth-order valence-corrected chi connectivity index (χ4v) is 4.21. The molecule has 1 fully saturated rings. The van der Waals surface area contributed by atoms with E-state index in [2.05, 4.69) is 41.5 Å². The van der Waals surface area contributed by atoms with E-state index in [9.17, 15) is 0 Å². The summed E-state index contributed by atoms with van der Waals surface area (Å²) in [4.78, 5) is 3.98. The second kappa shape index (κ2) is 5.64. The third kappa shape index (κ3) is 2.58. The van der Waals surface area contributed by atoms with Gasteiger partial charge in [0.15, 0.2) is 0 Å². The molecule has 0 bridgehead atoms. The molecule has 1 N–H and O–H groups in total. The van der Waals surface area contributed by atoms with Crippen LogP contribution in [0.3, 0.4) is 0 Å². The topological polar surface area (TPSA) is 15.3 Å². The minimum atomic E-state index is 0.557. The summed E-state index contributed by atoms with van der Waals surface area (Å²) in [5, 5.41) is 3.78. The van der Waals surface area contributed by atoms with Gasteiger partial charge in [0.25, 0.3) is 0 Å². The number of nitrogens with one attached hydrogen (secondary N) is 1. The van der Waals surface area contributed by atoms with Gasteiger partial charge in [-0.05, 0) is 38.1 Å². The Kier molecular flexibility index (Phi) is 3.92. The first-order chi connectivity index (χ1) is 8.84. The van der Waals surface area contributed by atoms with Crippen molar-refractivity contribution in [2.45, 2.75) is 36.2 Å². The highest BCUT2D eigenvalue weighted by atomic mass is 32.2. The van der Waals surface area contributed by atoms with Crippen molar-refractivity contribution in [1.82, 2.24) is 10.2 Å². The Morgan fingerprint density at radius 3 is 3.11 bits per heavy atom. The lowest BCUT2D eigenvalue weighted by Crippen LogP contribution is -2.43. The van der Waals surface area contributed by atoms with Crippen LogP contribution >= 0.6 is 11.8 Å². The molecule has 0 saturated carbocycles. The van der Waals surface area contributed by atoms with Gasteiger partial charge < -0.3 is 10.2 Å². The molecule has 3 rings (SSSR count). The SMILES string of the molecule is CN1CCCCC1CNC1CSc2ccccc21. The maximum Gasteiger partial charge on any atom is 0.0427 e. The molecule has 1 aromatic rings. The summed E-state index contributed by atoms with van der Waals surface area (Å²) < 4.78 is 0. The number of rotatable bonds is 3. The lowest BCUT2D eigenvalue weighted by molar-refractivity contribution is 0.179. The second-order valence-corrected chi connectivity index (χ2v) is 6.50.